The van der Waals surface area contributed by atoms with E-state index in [4.69, 9.17) is 17.3 Å². The summed E-state index contributed by atoms with van der Waals surface area (Å²) in [7, 11) is 0. The largest absolute Gasteiger partial charge is 0.480 e. The Morgan fingerprint density at radius 2 is 1.97 bits per heavy atom. The number of amides is 1. The normalized spacial score (nSPS) is 26.9. The van der Waals surface area contributed by atoms with Gasteiger partial charge in [-0.2, -0.15) is 0 Å². The van der Waals surface area contributed by atoms with Crippen LogP contribution in [0.1, 0.15) is 28.3 Å². The molecule has 1 aliphatic carbocycles. The van der Waals surface area contributed by atoms with Crippen molar-refractivity contribution in [3.8, 4) is 0 Å². The molecule has 2 aromatic rings. The Morgan fingerprint density at radius 1 is 1.23 bits per heavy atom. The summed E-state index contributed by atoms with van der Waals surface area (Å²) in [4.78, 5) is 35.3. The van der Waals surface area contributed by atoms with E-state index in [9.17, 15) is 24.8 Å². The molecule has 4 N–H and O–H groups in total. The van der Waals surface area contributed by atoms with Crippen molar-refractivity contribution in [1.29, 1.82) is 0 Å². The van der Waals surface area contributed by atoms with E-state index in [1.165, 1.54) is 17.8 Å². The molecule has 0 aromatic heterocycles. The van der Waals surface area contributed by atoms with Crippen molar-refractivity contribution in [1.82, 2.24) is 0 Å². The highest BCUT2D eigenvalue weighted by atomic mass is 35.5. The lowest BCUT2D eigenvalue weighted by molar-refractivity contribution is -0.387. The lowest BCUT2D eigenvalue weighted by Gasteiger charge is -2.36. The topological polar surface area (TPSA) is 136 Å². The number of aliphatic carboxylic acids is 1. The van der Waals surface area contributed by atoms with E-state index >= 15 is 0 Å². The predicted molar refractivity (Wildman–Crippen MR) is 113 cm³/mol. The number of anilines is 1. The van der Waals surface area contributed by atoms with Gasteiger partial charge in [-0.05, 0) is 30.0 Å². The molecule has 10 heteroatoms. The van der Waals surface area contributed by atoms with Gasteiger partial charge in [-0.1, -0.05) is 24.3 Å². The Hall–Kier alpha value is -2.78. The molecule has 0 saturated heterocycles. The number of carbonyl (C=O) groups is 2. The average Bonchev–Trinajstić information content (AvgIpc) is 3.03. The second-order valence-corrected chi connectivity index (χ2v) is 9.13. The van der Waals surface area contributed by atoms with E-state index in [0.717, 1.165) is 5.56 Å². The molecular formula is C20H18ClN3O5S. The second kappa shape index (κ2) is 7.81. The van der Waals surface area contributed by atoms with Crippen LogP contribution in [0.15, 0.2) is 47.4 Å². The van der Waals surface area contributed by atoms with E-state index in [-0.39, 0.29) is 28.3 Å². The third-order valence-electron chi connectivity index (χ3n) is 5.72. The standard InChI is InChI=1S/C20H18ClN3O5S/c21-16-14(30-13-7-2-1-6-12(13)24(28)29)8-11-15(16)9-4-3-5-10(19(22)25)17(9)23-18(11)20(26)27/h1-7,11,14-16,18,23H,8H2,(H2,22,25)(H,26,27). The van der Waals surface area contributed by atoms with Gasteiger partial charge >= 0.3 is 5.97 Å². The number of primary amides is 1. The van der Waals surface area contributed by atoms with Gasteiger partial charge < -0.3 is 16.2 Å². The third kappa shape index (κ3) is 3.37. The van der Waals surface area contributed by atoms with E-state index < -0.39 is 28.2 Å². The number of thioether (sulfide) groups is 1. The van der Waals surface area contributed by atoms with Crippen molar-refractivity contribution in [2.45, 2.75) is 33.9 Å². The monoisotopic (exact) mass is 447 g/mol. The van der Waals surface area contributed by atoms with Crippen LogP contribution in [0.5, 0.6) is 0 Å². The number of hydrogen-bond acceptors (Lipinski definition) is 6. The SMILES string of the molecule is NC(=O)c1cccc2c1NC(C(=O)O)C1CC(Sc3ccccc3[N+](=O)[O-])C(Cl)C21. The molecule has 5 atom stereocenters. The zero-order chi connectivity index (χ0) is 21.6. The van der Waals surface area contributed by atoms with Gasteiger partial charge in [0.2, 0.25) is 0 Å². The van der Waals surface area contributed by atoms with Gasteiger partial charge in [-0.15, -0.1) is 23.4 Å². The number of rotatable bonds is 5. The van der Waals surface area contributed by atoms with Crippen molar-refractivity contribution < 1.29 is 19.6 Å². The Morgan fingerprint density at radius 3 is 2.63 bits per heavy atom. The van der Waals surface area contributed by atoms with Gasteiger partial charge in [0.05, 0.1) is 26.4 Å². The fourth-order valence-electron chi connectivity index (χ4n) is 4.46. The molecule has 1 aliphatic heterocycles. The molecule has 0 bridgehead atoms. The summed E-state index contributed by atoms with van der Waals surface area (Å²) < 4.78 is 0. The highest BCUT2D eigenvalue weighted by Crippen LogP contribution is 2.55. The molecule has 0 radical (unpaired) electrons. The molecule has 1 amide bonds. The van der Waals surface area contributed by atoms with Crippen molar-refractivity contribution in [3.63, 3.8) is 0 Å². The number of nitro groups is 1. The van der Waals surface area contributed by atoms with Gasteiger partial charge in [0.1, 0.15) is 6.04 Å². The summed E-state index contributed by atoms with van der Waals surface area (Å²) in [6, 6.07) is 10.5. The minimum atomic E-state index is -1.05. The molecule has 156 valence electrons. The molecule has 0 spiro atoms. The highest BCUT2D eigenvalue weighted by molar-refractivity contribution is 8.00. The van der Waals surface area contributed by atoms with Crippen LogP contribution in [0.2, 0.25) is 0 Å². The number of halogens is 1. The Bertz CT molecular complexity index is 1050. The number of hydrogen-bond donors (Lipinski definition) is 3. The Balaban J connectivity index is 1.73. The fourth-order valence-corrected chi connectivity index (χ4v) is 6.41. The van der Waals surface area contributed by atoms with Gasteiger partial charge in [0, 0.05) is 17.2 Å². The summed E-state index contributed by atoms with van der Waals surface area (Å²) in [5.41, 5.74) is 6.84. The van der Waals surface area contributed by atoms with Gasteiger partial charge in [0.15, 0.2) is 0 Å². The van der Waals surface area contributed by atoms with Crippen LogP contribution in [0.4, 0.5) is 11.4 Å². The maximum Gasteiger partial charge on any atom is 0.326 e. The molecule has 2 aliphatic rings. The first-order valence-electron chi connectivity index (χ1n) is 9.25. The minimum Gasteiger partial charge on any atom is -0.480 e. The second-order valence-electron chi connectivity index (χ2n) is 7.35. The molecule has 1 heterocycles. The average molecular weight is 448 g/mol. The molecule has 1 fully saturated rings. The third-order valence-corrected chi connectivity index (χ3v) is 7.83. The number of para-hydroxylation sites is 2. The molecule has 30 heavy (non-hydrogen) atoms. The Kier molecular flexibility index (Phi) is 5.33. The van der Waals surface area contributed by atoms with Crippen molar-refractivity contribution in [2.75, 3.05) is 5.32 Å². The van der Waals surface area contributed by atoms with Crippen LogP contribution >= 0.6 is 23.4 Å². The van der Waals surface area contributed by atoms with Crippen LogP contribution < -0.4 is 11.1 Å². The number of nitrogens with zero attached hydrogens (tertiary/aromatic N) is 1. The maximum absolute atomic E-state index is 12.0. The molecule has 1 saturated carbocycles. The first-order chi connectivity index (χ1) is 14.3. The predicted octanol–water partition coefficient (Wildman–Crippen LogP) is 3.44. The number of carboxylic acid groups (broad SMARTS) is 1. The number of nitrogens with one attached hydrogen (secondary N) is 1. The van der Waals surface area contributed by atoms with Gasteiger partial charge in [-0.25, -0.2) is 4.79 Å². The summed E-state index contributed by atoms with van der Waals surface area (Å²) >= 11 is 8.13. The zero-order valence-electron chi connectivity index (χ0n) is 15.5. The summed E-state index contributed by atoms with van der Waals surface area (Å²) in [5.74, 6) is -2.36. The smallest absolute Gasteiger partial charge is 0.326 e. The molecule has 8 nitrogen and oxygen atoms in total. The summed E-state index contributed by atoms with van der Waals surface area (Å²) in [6.45, 7) is 0. The van der Waals surface area contributed by atoms with Gasteiger partial charge in [-0.3, -0.25) is 14.9 Å². The van der Waals surface area contributed by atoms with Crippen LogP contribution in [0.3, 0.4) is 0 Å². The molecule has 2 aromatic carbocycles. The van der Waals surface area contributed by atoms with Crippen LogP contribution in [0, 0.1) is 16.0 Å². The van der Waals surface area contributed by atoms with E-state index in [1.807, 2.05) is 6.07 Å². The summed E-state index contributed by atoms with van der Waals surface area (Å²) in [6.07, 6.45) is 0.458. The Labute approximate surface area is 180 Å². The number of alkyl halides is 1. The van der Waals surface area contributed by atoms with Gasteiger partial charge in [0.25, 0.3) is 11.6 Å². The van der Waals surface area contributed by atoms with Crippen molar-refractivity contribution >= 4 is 46.6 Å². The summed E-state index contributed by atoms with van der Waals surface area (Å²) in [5, 5.41) is 23.4. The first kappa shape index (κ1) is 20.5. The first-order valence-corrected chi connectivity index (χ1v) is 10.6. The minimum absolute atomic E-state index is 0.00874. The fraction of sp³-hybridized carbons (Fsp3) is 0.300. The number of nitro benzene ring substituents is 1. The molecule has 4 rings (SSSR count). The molecular weight excluding hydrogens is 430 g/mol. The van der Waals surface area contributed by atoms with E-state index in [0.29, 0.717) is 17.0 Å². The van der Waals surface area contributed by atoms with E-state index in [2.05, 4.69) is 5.32 Å². The number of carboxylic acids is 1. The lowest BCUT2D eigenvalue weighted by Crippen LogP contribution is -2.43. The maximum atomic E-state index is 12.0. The zero-order valence-corrected chi connectivity index (χ0v) is 17.1. The number of carbonyl (C=O) groups excluding carboxylic acids is 1. The van der Waals surface area contributed by atoms with Crippen LogP contribution in [-0.2, 0) is 4.79 Å². The lowest BCUT2D eigenvalue weighted by atomic mass is 9.78. The number of nitrogens with two attached hydrogens (primary N) is 1. The highest BCUT2D eigenvalue weighted by Gasteiger charge is 2.52. The number of fused-ring (bicyclic) bond motifs is 3. The van der Waals surface area contributed by atoms with E-state index in [1.54, 1.807) is 30.3 Å². The number of benzene rings is 2. The van der Waals surface area contributed by atoms with Crippen LogP contribution in [-0.4, -0.2) is 38.6 Å². The molecule has 5 unspecified atom stereocenters. The van der Waals surface area contributed by atoms with Crippen LogP contribution in [0.25, 0.3) is 0 Å². The van der Waals surface area contributed by atoms with Crippen molar-refractivity contribution in [3.05, 3.63) is 63.7 Å². The van der Waals surface area contributed by atoms with Crippen molar-refractivity contribution in [2.24, 2.45) is 11.7 Å². The quantitative estimate of drug-likeness (QED) is 0.363.